The van der Waals surface area contributed by atoms with E-state index in [1.54, 1.807) is 12.1 Å². The quantitative estimate of drug-likeness (QED) is 0.911. The number of aromatic nitrogens is 2. The lowest BCUT2D eigenvalue weighted by molar-refractivity contribution is 0.633. The first-order chi connectivity index (χ1) is 7.24. The van der Waals surface area contributed by atoms with Gasteiger partial charge in [0, 0.05) is 6.54 Å². The number of benzene rings is 1. The molecular weight excluding hydrogens is 261 g/mol. The number of nitrogens with zero attached hydrogens (tertiary/aromatic N) is 2. The number of anilines is 1. The molecular formula is C10H9BrFN3. The van der Waals surface area contributed by atoms with Gasteiger partial charge in [0.05, 0.1) is 15.4 Å². The van der Waals surface area contributed by atoms with Crippen molar-refractivity contribution in [1.82, 2.24) is 9.97 Å². The van der Waals surface area contributed by atoms with E-state index in [4.69, 9.17) is 0 Å². The predicted molar refractivity (Wildman–Crippen MR) is 61.4 cm³/mol. The Balaban J connectivity index is 2.76. The summed E-state index contributed by atoms with van der Waals surface area (Å²) in [5.41, 5.74) is 0.599. The smallest absolute Gasteiger partial charge is 0.150 e. The van der Waals surface area contributed by atoms with Gasteiger partial charge in [-0.15, -0.1) is 0 Å². The Bertz CT molecular complexity index is 501. The summed E-state index contributed by atoms with van der Waals surface area (Å²) >= 11 is 3.14. The summed E-state index contributed by atoms with van der Waals surface area (Å²) < 4.78 is 14.2. The van der Waals surface area contributed by atoms with Crippen LogP contribution in [0, 0.1) is 5.82 Å². The van der Waals surface area contributed by atoms with Crippen molar-refractivity contribution in [3.8, 4) is 0 Å². The van der Waals surface area contributed by atoms with Crippen LogP contribution < -0.4 is 5.32 Å². The van der Waals surface area contributed by atoms with Crippen LogP contribution in [0.4, 0.5) is 10.2 Å². The number of nitrogens with one attached hydrogen (secondary N) is 1. The zero-order chi connectivity index (χ0) is 10.8. The minimum Gasteiger partial charge on any atom is -0.370 e. The van der Waals surface area contributed by atoms with Crippen molar-refractivity contribution in [3.05, 3.63) is 28.7 Å². The van der Waals surface area contributed by atoms with Crippen molar-refractivity contribution >= 4 is 32.7 Å². The van der Waals surface area contributed by atoms with E-state index in [2.05, 4.69) is 31.2 Å². The summed E-state index contributed by atoms with van der Waals surface area (Å²) in [5.74, 6) is 0.199. The first-order valence-corrected chi connectivity index (χ1v) is 5.36. The molecule has 0 unspecified atom stereocenters. The second-order valence-electron chi connectivity index (χ2n) is 3.01. The number of halogens is 2. The molecule has 1 N–H and O–H groups in total. The van der Waals surface area contributed by atoms with Crippen molar-refractivity contribution in [2.75, 3.05) is 11.9 Å². The van der Waals surface area contributed by atoms with Crippen molar-refractivity contribution < 1.29 is 4.39 Å². The van der Waals surface area contributed by atoms with Crippen molar-refractivity contribution in [2.24, 2.45) is 0 Å². The first-order valence-electron chi connectivity index (χ1n) is 4.56. The maximum atomic E-state index is 13.8. The topological polar surface area (TPSA) is 37.8 Å². The van der Waals surface area contributed by atoms with E-state index in [1.165, 1.54) is 6.33 Å². The second-order valence-corrected chi connectivity index (χ2v) is 3.86. The molecule has 3 nitrogen and oxygen atoms in total. The Labute approximate surface area is 94.9 Å². The van der Waals surface area contributed by atoms with Crippen LogP contribution in [0.5, 0.6) is 0 Å². The molecule has 15 heavy (non-hydrogen) atoms. The van der Waals surface area contributed by atoms with E-state index in [0.29, 0.717) is 27.7 Å². The fraction of sp³-hybridized carbons (Fsp3) is 0.200. The normalized spacial score (nSPS) is 10.6. The fourth-order valence-corrected chi connectivity index (χ4v) is 1.72. The lowest BCUT2D eigenvalue weighted by Gasteiger charge is -2.07. The van der Waals surface area contributed by atoms with Gasteiger partial charge in [0.25, 0.3) is 0 Å². The monoisotopic (exact) mass is 269 g/mol. The molecule has 0 fully saturated rings. The Kier molecular flexibility index (Phi) is 2.81. The van der Waals surface area contributed by atoms with Gasteiger partial charge in [0.2, 0.25) is 0 Å². The third kappa shape index (κ3) is 1.79. The molecule has 0 radical (unpaired) electrons. The zero-order valence-electron chi connectivity index (χ0n) is 8.09. The molecule has 0 aliphatic carbocycles. The van der Waals surface area contributed by atoms with E-state index in [-0.39, 0.29) is 5.82 Å². The molecule has 0 saturated heterocycles. The maximum Gasteiger partial charge on any atom is 0.150 e. The van der Waals surface area contributed by atoms with Gasteiger partial charge in [-0.25, -0.2) is 14.4 Å². The minimum atomic E-state index is -0.330. The summed E-state index contributed by atoms with van der Waals surface area (Å²) in [7, 11) is 0. The third-order valence-corrected chi connectivity index (χ3v) is 2.65. The fourth-order valence-electron chi connectivity index (χ4n) is 1.39. The molecule has 0 bridgehead atoms. The SMILES string of the molecule is CCNc1ncnc2ccc(Br)c(F)c12. The summed E-state index contributed by atoms with van der Waals surface area (Å²) in [6.45, 7) is 2.63. The van der Waals surface area contributed by atoms with E-state index in [0.717, 1.165) is 0 Å². The maximum absolute atomic E-state index is 13.8. The first kappa shape index (κ1) is 10.3. The van der Waals surface area contributed by atoms with E-state index < -0.39 is 0 Å². The van der Waals surface area contributed by atoms with Crippen LogP contribution in [0.2, 0.25) is 0 Å². The van der Waals surface area contributed by atoms with Gasteiger partial charge in [0.1, 0.15) is 18.0 Å². The van der Waals surface area contributed by atoms with Gasteiger partial charge >= 0.3 is 0 Å². The molecule has 0 spiro atoms. The summed E-state index contributed by atoms with van der Waals surface area (Å²) in [5, 5.41) is 3.43. The molecule has 1 aromatic carbocycles. The number of hydrogen-bond acceptors (Lipinski definition) is 3. The molecule has 0 saturated carbocycles. The van der Waals surface area contributed by atoms with Crippen LogP contribution in [-0.2, 0) is 0 Å². The van der Waals surface area contributed by atoms with Crippen molar-refractivity contribution in [1.29, 1.82) is 0 Å². The molecule has 1 heterocycles. The van der Waals surface area contributed by atoms with Gasteiger partial charge in [-0.2, -0.15) is 0 Å². The van der Waals surface area contributed by atoms with Crippen LogP contribution >= 0.6 is 15.9 Å². The molecule has 0 amide bonds. The summed E-state index contributed by atoms with van der Waals surface area (Å²) in [6, 6.07) is 3.39. The van der Waals surface area contributed by atoms with Gasteiger partial charge in [0.15, 0.2) is 0 Å². The Hall–Kier alpha value is -1.23. The number of hydrogen-bond donors (Lipinski definition) is 1. The van der Waals surface area contributed by atoms with Crippen LogP contribution in [0.3, 0.4) is 0 Å². The second kappa shape index (κ2) is 4.10. The lowest BCUT2D eigenvalue weighted by Crippen LogP contribution is -2.02. The number of fused-ring (bicyclic) bond motifs is 1. The van der Waals surface area contributed by atoms with Crippen LogP contribution in [0.25, 0.3) is 10.9 Å². The van der Waals surface area contributed by atoms with Gasteiger partial charge in [-0.1, -0.05) is 0 Å². The summed E-state index contributed by atoms with van der Waals surface area (Å²) in [4.78, 5) is 8.03. The van der Waals surface area contributed by atoms with Crippen LogP contribution in [0.15, 0.2) is 22.9 Å². The highest BCUT2D eigenvalue weighted by Crippen LogP contribution is 2.27. The van der Waals surface area contributed by atoms with Crippen LogP contribution in [0.1, 0.15) is 6.92 Å². The third-order valence-electron chi connectivity index (χ3n) is 2.04. The molecule has 2 aromatic rings. The minimum absolute atomic E-state index is 0.330. The largest absolute Gasteiger partial charge is 0.370 e. The highest BCUT2D eigenvalue weighted by atomic mass is 79.9. The van der Waals surface area contributed by atoms with E-state index in [9.17, 15) is 4.39 Å². The van der Waals surface area contributed by atoms with E-state index >= 15 is 0 Å². The molecule has 0 atom stereocenters. The molecule has 0 aliphatic rings. The highest BCUT2D eigenvalue weighted by molar-refractivity contribution is 9.10. The lowest BCUT2D eigenvalue weighted by atomic mass is 10.2. The van der Waals surface area contributed by atoms with E-state index in [1.807, 2.05) is 6.92 Å². The van der Waals surface area contributed by atoms with Gasteiger partial charge in [-0.05, 0) is 35.0 Å². The molecule has 78 valence electrons. The molecule has 5 heteroatoms. The van der Waals surface area contributed by atoms with Crippen LogP contribution in [-0.4, -0.2) is 16.5 Å². The average Bonchev–Trinajstić information content (AvgIpc) is 2.24. The predicted octanol–water partition coefficient (Wildman–Crippen LogP) is 2.96. The van der Waals surface area contributed by atoms with Crippen molar-refractivity contribution in [2.45, 2.75) is 6.92 Å². The Morgan fingerprint density at radius 2 is 2.20 bits per heavy atom. The molecule has 1 aromatic heterocycles. The highest BCUT2D eigenvalue weighted by Gasteiger charge is 2.10. The molecule has 0 aliphatic heterocycles. The van der Waals surface area contributed by atoms with Gasteiger partial charge < -0.3 is 5.32 Å². The Morgan fingerprint density at radius 1 is 1.40 bits per heavy atom. The van der Waals surface area contributed by atoms with Gasteiger partial charge in [-0.3, -0.25) is 0 Å². The average molecular weight is 270 g/mol. The summed E-state index contributed by atoms with van der Waals surface area (Å²) in [6.07, 6.45) is 1.42. The molecule has 2 rings (SSSR count). The number of rotatable bonds is 2. The Morgan fingerprint density at radius 3 is 2.93 bits per heavy atom. The standard InChI is InChI=1S/C10H9BrFN3/c1-2-13-10-8-7(14-5-15-10)4-3-6(11)9(8)12/h3-5H,2H2,1H3,(H,13,14,15). The zero-order valence-corrected chi connectivity index (χ0v) is 9.68. The van der Waals surface area contributed by atoms with Crippen molar-refractivity contribution in [3.63, 3.8) is 0 Å².